The summed E-state index contributed by atoms with van der Waals surface area (Å²) in [7, 11) is 0. The molecule has 1 atom stereocenters. The van der Waals surface area contributed by atoms with Crippen molar-refractivity contribution in [1.82, 2.24) is 0 Å². The van der Waals surface area contributed by atoms with Gasteiger partial charge in [0.2, 0.25) is 5.69 Å². The predicted octanol–water partition coefficient (Wildman–Crippen LogP) is 7.55. The molecule has 1 unspecified atom stereocenters. The van der Waals surface area contributed by atoms with Crippen molar-refractivity contribution in [1.29, 1.82) is 0 Å². The maximum absolute atomic E-state index is 12.3. The number of hydrogen-bond donors (Lipinski definition) is 0. The first-order valence-electron chi connectivity index (χ1n) is 10.6. The summed E-state index contributed by atoms with van der Waals surface area (Å²) in [6, 6.07) is 15.1. The molecule has 0 aliphatic heterocycles. The fraction of sp³-hybridized carbons (Fsp3) is 0.500. The minimum absolute atomic E-state index is 0.499. The second kappa shape index (κ2) is 12.2. The molecular weight excluding hydrogens is 348 g/mol. The van der Waals surface area contributed by atoms with Crippen molar-refractivity contribution < 1.29 is 9.60 Å². The SMILES string of the molecule is CCCCCCCOc1ccc([N+]([O-])=Nc2ccc(CC(C)CC)cc2)cc1. The monoisotopic (exact) mass is 382 g/mol. The van der Waals surface area contributed by atoms with E-state index in [1.807, 2.05) is 24.3 Å². The first kappa shape index (κ1) is 21.9. The van der Waals surface area contributed by atoms with Gasteiger partial charge in [-0.05, 0) is 48.6 Å². The van der Waals surface area contributed by atoms with Crippen LogP contribution in [0.15, 0.2) is 53.6 Å². The zero-order valence-corrected chi connectivity index (χ0v) is 17.6. The van der Waals surface area contributed by atoms with E-state index in [4.69, 9.17) is 4.74 Å². The van der Waals surface area contributed by atoms with E-state index in [-0.39, 0.29) is 0 Å². The van der Waals surface area contributed by atoms with E-state index in [1.165, 1.54) is 37.7 Å². The molecule has 0 aliphatic carbocycles. The van der Waals surface area contributed by atoms with Gasteiger partial charge in [-0.3, -0.25) is 0 Å². The van der Waals surface area contributed by atoms with Crippen LogP contribution in [-0.2, 0) is 6.42 Å². The van der Waals surface area contributed by atoms with E-state index in [0.29, 0.717) is 22.2 Å². The Hall–Kier alpha value is -2.36. The summed E-state index contributed by atoms with van der Waals surface area (Å²) < 4.78 is 5.74. The van der Waals surface area contributed by atoms with E-state index in [2.05, 4.69) is 38.0 Å². The largest absolute Gasteiger partial charge is 0.594 e. The average Bonchev–Trinajstić information content (AvgIpc) is 2.72. The second-order valence-electron chi connectivity index (χ2n) is 7.51. The van der Waals surface area contributed by atoms with Gasteiger partial charge in [-0.2, -0.15) is 0 Å². The van der Waals surface area contributed by atoms with E-state index < -0.39 is 0 Å². The Bertz CT molecular complexity index is 708. The highest BCUT2D eigenvalue weighted by Gasteiger charge is 2.06. The van der Waals surface area contributed by atoms with E-state index in [9.17, 15) is 5.21 Å². The Kier molecular flexibility index (Phi) is 9.53. The minimum atomic E-state index is 0.499. The lowest BCUT2D eigenvalue weighted by Crippen LogP contribution is -1.98. The lowest BCUT2D eigenvalue weighted by molar-refractivity contribution is -0.435. The molecule has 0 spiro atoms. The van der Waals surface area contributed by atoms with Crippen molar-refractivity contribution in [2.75, 3.05) is 6.61 Å². The van der Waals surface area contributed by atoms with Gasteiger partial charge in [0.15, 0.2) is 0 Å². The van der Waals surface area contributed by atoms with Crippen LogP contribution in [0.2, 0.25) is 0 Å². The number of unbranched alkanes of at least 4 members (excludes halogenated alkanes) is 4. The number of benzene rings is 2. The Morgan fingerprint density at radius 2 is 1.61 bits per heavy atom. The summed E-state index contributed by atoms with van der Waals surface area (Å²) >= 11 is 0. The zero-order valence-electron chi connectivity index (χ0n) is 17.6. The van der Waals surface area contributed by atoms with Crippen molar-refractivity contribution >= 4 is 11.4 Å². The van der Waals surface area contributed by atoms with Gasteiger partial charge in [0.05, 0.1) is 6.61 Å². The number of rotatable bonds is 12. The highest BCUT2D eigenvalue weighted by molar-refractivity contribution is 5.39. The van der Waals surface area contributed by atoms with Crippen LogP contribution in [0.5, 0.6) is 5.75 Å². The smallest absolute Gasteiger partial charge is 0.245 e. The summed E-state index contributed by atoms with van der Waals surface area (Å²) in [5, 5.41) is 16.4. The van der Waals surface area contributed by atoms with Gasteiger partial charge in [0.1, 0.15) is 11.4 Å². The van der Waals surface area contributed by atoms with Crippen molar-refractivity contribution in [3.05, 3.63) is 59.3 Å². The van der Waals surface area contributed by atoms with E-state index >= 15 is 0 Å². The summed E-state index contributed by atoms with van der Waals surface area (Å²) in [5.41, 5.74) is 2.44. The van der Waals surface area contributed by atoms with E-state index in [1.54, 1.807) is 12.1 Å². The summed E-state index contributed by atoms with van der Waals surface area (Å²) in [4.78, 5) is 0.665. The molecule has 0 radical (unpaired) electrons. The van der Waals surface area contributed by atoms with Crippen LogP contribution in [0, 0.1) is 11.1 Å². The standard InChI is InChI=1S/C24H34N2O2/c1-4-6-7-8-9-18-28-24-16-14-23(15-17-24)26(27)25-22-12-10-21(11-13-22)19-20(3)5-2/h10-17,20H,4-9,18-19H2,1-3H3. The quantitative estimate of drug-likeness (QED) is 0.165. The Morgan fingerprint density at radius 3 is 2.25 bits per heavy atom. The lowest BCUT2D eigenvalue weighted by Gasteiger charge is -2.08. The zero-order chi connectivity index (χ0) is 20.2. The molecule has 0 saturated heterocycles. The minimum Gasteiger partial charge on any atom is -0.594 e. The molecule has 28 heavy (non-hydrogen) atoms. The maximum atomic E-state index is 12.3. The molecular formula is C24H34N2O2. The summed E-state index contributed by atoms with van der Waals surface area (Å²) in [6.45, 7) is 7.38. The van der Waals surface area contributed by atoms with Gasteiger partial charge >= 0.3 is 0 Å². The van der Waals surface area contributed by atoms with Crippen LogP contribution in [0.4, 0.5) is 11.4 Å². The highest BCUT2D eigenvalue weighted by Crippen LogP contribution is 2.22. The molecule has 0 bridgehead atoms. The first-order valence-corrected chi connectivity index (χ1v) is 10.6. The van der Waals surface area contributed by atoms with Gasteiger partial charge in [-0.15, -0.1) is 0 Å². The van der Waals surface area contributed by atoms with Crippen molar-refractivity contribution in [3.8, 4) is 5.75 Å². The lowest BCUT2D eigenvalue weighted by atomic mass is 9.99. The second-order valence-corrected chi connectivity index (χ2v) is 7.51. The van der Waals surface area contributed by atoms with Crippen molar-refractivity contribution in [2.24, 2.45) is 11.0 Å². The highest BCUT2D eigenvalue weighted by atomic mass is 16.5. The van der Waals surface area contributed by atoms with Gasteiger partial charge in [-0.1, -0.05) is 69.9 Å². The van der Waals surface area contributed by atoms with Crippen LogP contribution < -0.4 is 4.74 Å². The molecule has 0 heterocycles. The molecule has 0 aliphatic rings. The molecule has 0 aromatic heterocycles. The van der Waals surface area contributed by atoms with Crippen molar-refractivity contribution in [2.45, 2.75) is 65.7 Å². The van der Waals surface area contributed by atoms with Gasteiger partial charge in [-0.25, -0.2) is 0 Å². The van der Waals surface area contributed by atoms with Crippen LogP contribution >= 0.6 is 0 Å². The molecule has 2 rings (SSSR count). The molecule has 4 heteroatoms. The van der Waals surface area contributed by atoms with Crippen LogP contribution in [0.25, 0.3) is 0 Å². The molecule has 0 fully saturated rings. The first-order chi connectivity index (χ1) is 13.6. The van der Waals surface area contributed by atoms with Crippen LogP contribution in [0.3, 0.4) is 0 Å². The molecule has 2 aromatic carbocycles. The van der Waals surface area contributed by atoms with Gasteiger partial charge in [0.25, 0.3) is 0 Å². The normalized spacial score (nSPS) is 12.8. The number of azo groups is 1. The van der Waals surface area contributed by atoms with Gasteiger partial charge < -0.3 is 9.94 Å². The summed E-state index contributed by atoms with van der Waals surface area (Å²) in [5.74, 6) is 1.46. The fourth-order valence-corrected chi connectivity index (χ4v) is 2.97. The molecule has 0 saturated carbocycles. The molecule has 152 valence electrons. The van der Waals surface area contributed by atoms with Crippen LogP contribution in [-0.4, -0.2) is 11.5 Å². The third-order valence-corrected chi connectivity index (χ3v) is 5.00. The number of nitrogens with zero attached hydrogens (tertiary/aromatic N) is 2. The van der Waals surface area contributed by atoms with Gasteiger partial charge in [0, 0.05) is 17.2 Å². The third kappa shape index (κ3) is 7.71. The molecule has 4 nitrogen and oxygen atoms in total. The predicted molar refractivity (Wildman–Crippen MR) is 116 cm³/mol. The molecule has 0 N–H and O–H groups in total. The Morgan fingerprint density at radius 1 is 0.929 bits per heavy atom. The maximum Gasteiger partial charge on any atom is 0.245 e. The van der Waals surface area contributed by atoms with E-state index in [0.717, 1.165) is 25.2 Å². The molecule has 0 amide bonds. The fourth-order valence-electron chi connectivity index (χ4n) is 2.97. The number of hydrogen-bond acceptors (Lipinski definition) is 3. The Balaban J connectivity index is 1.86. The Labute approximate surface area is 169 Å². The van der Waals surface area contributed by atoms with Crippen molar-refractivity contribution in [3.63, 3.8) is 0 Å². The van der Waals surface area contributed by atoms with Crippen LogP contribution in [0.1, 0.15) is 64.9 Å². The number of ether oxygens (including phenoxy) is 1. The third-order valence-electron chi connectivity index (χ3n) is 5.00. The average molecular weight is 383 g/mol. The topological polar surface area (TPSA) is 47.7 Å². The molecule has 2 aromatic rings. The summed E-state index contributed by atoms with van der Waals surface area (Å²) in [6.07, 6.45) is 8.30.